The molecule has 1 atom stereocenters. The Bertz CT molecular complexity index is 807. The molecular formula is C18H19FN4O2. The fraction of sp³-hybridized carbons (Fsp3) is 0.278. The molecule has 6 nitrogen and oxygen atoms in total. The Morgan fingerprint density at radius 2 is 2.12 bits per heavy atom. The maximum atomic E-state index is 13.2. The predicted octanol–water partition coefficient (Wildman–Crippen LogP) is 2.49. The highest BCUT2D eigenvalue weighted by molar-refractivity contribution is 5.88. The summed E-state index contributed by atoms with van der Waals surface area (Å²) in [5.41, 5.74) is 1.35. The van der Waals surface area contributed by atoms with Crippen molar-refractivity contribution in [3.63, 3.8) is 0 Å². The third kappa shape index (κ3) is 3.83. The Hall–Kier alpha value is -2.80. The molecule has 2 N–H and O–H groups in total. The largest absolute Gasteiger partial charge is 0.476 e. The van der Waals surface area contributed by atoms with Gasteiger partial charge >= 0.3 is 5.97 Å². The van der Waals surface area contributed by atoms with Crippen LogP contribution in [0, 0.1) is 5.82 Å². The van der Waals surface area contributed by atoms with Gasteiger partial charge in [-0.25, -0.2) is 19.2 Å². The molecule has 1 aromatic heterocycles. The summed E-state index contributed by atoms with van der Waals surface area (Å²) in [7, 11) is 2.04. The number of nitrogens with zero attached hydrogens (tertiary/aromatic N) is 3. The number of hydrogen-bond acceptors (Lipinski definition) is 5. The number of nitrogens with one attached hydrogen (secondary N) is 1. The zero-order valence-corrected chi connectivity index (χ0v) is 13.9. The van der Waals surface area contributed by atoms with Crippen molar-refractivity contribution < 1.29 is 14.3 Å². The van der Waals surface area contributed by atoms with Crippen LogP contribution in [-0.2, 0) is 0 Å². The molecule has 1 fully saturated rings. The Kier molecular flexibility index (Phi) is 4.76. The molecule has 1 saturated heterocycles. The zero-order valence-electron chi connectivity index (χ0n) is 13.9. The van der Waals surface area contributed by atoms with E-state index in [9.17, 15) is 14.3 Å². The van der Waals surface area contributed by atoms with Gasteiger partial charge in [-0.2, -0.15) is 0 Å². The number of carboxylic acid groups (broad SMARTS) is 1. The molecular weight excluding hydrogens is 323 g/mol. The number of benzene rings is 1. The van der Waals surface area contributed by atoms with E-state index in [1.165, 1.54) is 18.3 Å². The van der Waals surface area contributed by atoms with E-state index in [-0.39, 0.29) is 17.6 Å². The number of aromatic carboxylic acids is 1. The first kappa shape index (κ1) is 17.0. The molecule has 0 spiro atoms. The van der Waals surface area contributed by atoms with Gasteiger partial charge in [0.05, 0.1) is 6.20 Å². The lowest BCUT2D eigenvalue weighted by atomic mass is 10.0. The molecule has 1 aromatic carbocycles. The van der Waals surface area contributed by atoms with E-state index >= 15 is 0 Å². The number of halogens is 1. The van der Waals surface area contributed by atoms with Crippen LogP contribution in [0.1, 0.15) is 28.2 Å². The lowest BCUT2D eigenvalue weighted by Gasteiger charge is -2.17. The quantitative estimate of drug-likeness (QED) is 0.869. The van der Waals surface area contributed by atoms with Crippen molar-refractivity contribution in [2.45, 2.75) is 12.5 Å². The van der Waals surface area contributed by atoms with Crippen molar-refractivity contribution in [3.05, 3.63) is 59.8 Å². The Balaban J connectivity index is 1.95. The maximum Gasteiger partial charge on any atom is 0.356 e. The van der Waals surface area contributed by atoms with E-state index in [0.717, 1.165) is 19.5 Å². The second-order valence-corrected chi connectivity index (χ2v) is 6.14. The summed E-state index contributed by atoms with van der Waals surface area (Å²) in [5.74, 6) is -1.03. The monoisotopic (exact) mass is 342 g/mol. The molecule has 7 heteroatoms. The van der Waals surface area contributed by atoms with Crippen LogP contribution >= 0.6 is 0 Å². The summed E-state index contributed by atoms with van der Waals surface area (Å²) in [6.45, 7) is 5.85. The Labute approximate surface area is 145 Å². The average Bonchev–Trinajstić information content (AvgIpc) is 3.00. The van der Waals surface area contributed by atoms with E-state index in [0.29, 0.717) is 22.6 Å². The molecule has 2 aromatic rings. The fourth-order valence-corrected chi connectivity index (χ4v) is 2.84. The van der Waals surface area contributed by atoms with Gasteiger partial charge in [0.15, 0.2) is 11.5 Å². The van der Waals surface area contributed by atoms with Crippen molar-refractivity contribution in [1.29, 1.82) is 0 Å². The average molecular weight is 342 g/mol. The zero-order chi connectivity index (χ0) is 18.0. The summed E-state index contributed by atoms with van der Waals surface area (Å²) >= 11 is 0. The van der Waals surface area contributed by atoms with E-state index in [1.807, 2.05) is 7.05 Å². The SMILES string of the molecule is C=C(c1ccc(F)cc1)c1nc(C(=O)O)cnc1N[C@@H]1CCN(C)C1. The topological polar surface area (TPSA) is 78.3 Å². The van der Waals surface area contributed by atoms with Gasteiger partial charge in [-0.3, -0.25) is 0 Å². The Morgan fingerprint density at radius 1 is 1.40 bits per heavy atom. The number of rotatable bonds is 5. The van der Waals surface area contributed by atoms with Crippen LogP contribution in [0.3, 0.4) is 0 Å². The van der Waals surface area contributed by atoms with Crippen molar-refractivity contribution in [2.24, 2.45) is 0 Å². The van der Waals surface area contributed by atoms with Gasteiger partial charge in [-0.05, 0) is 37.7 Å². The van der Waals surface area contributed by atoms with Crippen molar-refractivity contribution in [3.8, 4) is 0 Å². The number of carbonyl (C=O) groups is 1. The summed E-state index contributed by atoms with van der Waals surface area (Å²) in [4.78, 5) is 21.9. The molecule has 0 amide bonds. The third-order valence-electron chi connectivity index (χ3n) is 4.20. The van der Waals surface area contributed by atoms with E-state index in [1.54, 1.807) is 12.1 Å². The first-order chi connectivity index (χ1) is 11.9. The van der Waals surface area contributed by atoms with Gasteiger partial charge in [-0.15, -0.1) is 0 Å². The summed E-state index contributed by atoms with van der Waals surface area (Å²) in [6.07, 6.45) is 2.19. The van der Waals surface area contributed by atoms with Crippen LogP contribution < -0.4 is 5.32 Å². The maximum absolute atomic E-state index is 13.2. The molecule has 0 aliphatic carbocycles. The minimum absolute atomic E-state index is 0.160. The molecule has 0 saturated carbocycles. The molecule has 0 radical (unpaired) electrons. The van der Waals surface area contributed by atoms with E-state index in [2.05, 4.69) is 26.8 Å². The van der Waals surface area contributed by atoms with Crippen molar-refractivity contribution in [2.75, 3.05) is 25.5 Å². The molecule has 1 aliphatic rings. The molecule has 0 unspecified atom stereocenters. The van der Waals surface area contributed by atoms with Gasteiger partial charge in [0, 0.05) is 18.2 Å². The lowest BCUT2D eigenvalue weighted by Crippen LogP contribution is -2.25. The molecule has 130 valence electrons. The van der Waals surface area contributed by atoms with Gasteiger partial charge in [0.1, 0.15) is 11.5 Å². The number of aromatic nitrogens is 2. The van der Waals surface area contributed by atoms with Crippen LogP contribution in [0.5, 0.6) is 0 Å². The smallest absolute Gasteiger partial charge is 0.356 e. The van der Waals surface area contributed by atoms with Crippen LogP contribution in [0.2, 0.25) is 0 Å². The third-order valence-corrected chi connectivity index (χ3v) is 4.20. The number of anilines is 1. The molecule has 1 aliphatic heterocycles. The predicted molar refractivity (Wildman–Crippen MR) is 93.1 cm³/mol. The lowest BCUT2D eigenvalue weighted by molar-refractivity contribution is 0.0690. The fourth-order valence-electron chi connectivity index (χ4n) is 2.84. The summed E-state index contributed by atoms with van der Waals surface area (Å²) < 4.78 is 13.2. The normalized spacial score (nSPS) is 17.4. The highest BCUT2D eigenvalue weighted by atomic mass is 19.1. The second kappa shape index (κ2) is 6.98. The number of hydrogen-bond donors (Lipinski definition) is 2. The van der Waals surface area contributed by atoms with Crippen molar-refractivity contribution >= 4 is 17.4 Å². The molecule has 2 heterocycles. The van der Waals surface area contributed by atoms with E-state index < -0.39 is 5.97 Å². The number of likely N-dealkylation sites (tertiary alicyclic amines) is 1. The number of carboxylic acids is 1. The summed E-state index contributed by atoms with van der Waals surface area (Å²) in [5, 5.41) is 12.5. The van der Waals surface area contributed by atoms with Crippen LogP contribution in [-0.4, -0.2) is 52.1 Å². The van der Waals surface area contributed by atoms with Crippen LogP contribution in [0.25, 0.3) is 5.57 Å². The highest BCUT2D eigenvalue weighted by Gasteiger charge is 2.22. The second-order valence-electron chi connectivity index (χ2n) is 6.14. The Morgan fingerprint density at radius 3 is 2.72 bits per heavy atom. The number of likely N-dealkylation sites (N-methyl/N-ethyl adjacent to an activating group) is 1. The van der Waals surface area contributed by atoms with Crippen molar-refractivity contribution in [1.82, 2.24) is 14.9 Å². The van der Waals surface area contributed by atoms with Gasteiger partial charge < -0.3 is 15.3 Å². The highest BCUT2D eigenvalue weighted by Crippen LogP contribution is 2.27. The molecule has 25 heavy (non-hydrogen) atoms. The first-order valence-electron chi connectivity index (χ1n) is 7.94. The van der Waals surface area contributed by atoms with Gasteiger partial charge in [0.2, 0.25) is 0 Å². The molecule has 0 bridgehead atoms. The minimum Gasteiger partial charge on any atom is -0.476 e. The minimum atomic E-state index is -1.16. The standard InChI is InChI=1S/C18H19FN4O2/c1-11(12-3-5-13(19)6-4-12)16-17(20-9-15(22-16)18(24)25)21-14-7-8-23(2)10-14/h3-6,9,14H,1,7-8,10H2,2H3,(H,20,21)(H,24,25)/t14-/m1/s1. The molecule has 3 rings (SSSR count). The van der Waals surface area contributed by atoms with Crippen LogP contribution in [0.4, 0.5) is 10.2 Å². The van der Waals surface area contributed by atoms with Crippen LogP contribution in [0.15, 0.2) is 37.0 Å². The van der Waals surface area contributed by atoms with Gasteiger partial charge in [0.25, 0.3) is 0 Å². The summed E-state index contributed by atoms with van der Waals surface area (Å²) in [6, 6.07) is 6.02. The van der Waals surface area contributed by atoms with E-state index in [4.69, 9.17) is 0 Å². The first-order valence-corrected chi connectivity index (χ1v) is 7.94. The van der Waals surface area contributed by atoms with Gasteiger partial charge in [-0.1, -0.05) is 18.7 Å².